The van der Waals surface area contributed by atoms with E-state index in [9.17, 15) is 4.79 Å². The fourth-order valence-electron chi connectivity index (χ4n) is 2.78. The molecule has 1 fully saturated rings. The molecule has 1 aromatic rings. The van der Waals surface area contributed by atoms with E-state index in [0.717, 1.165) is 23.7 Å². The molecule has 1 saturated carbocycles. The number of nitrogens with one attached hydrogen (secondary N) is 2. The van der Waals surface area contributed by atoms with E-state index in [1.807, 2.05) is 5.38 Å². The summed E-state index contributed by atoms with van der Waals surface area (Å²) in [6, 6.07) is 0.648. The standard InChI is InChI=1S/C16H27N3OS.2ClH/c1-2-16-19-14(12-21-16)11-15(20)18-10-9-17-13-7-5-3-4-6-8-13;;/h12-13,17H,2-11H2,1H3,(H,18,20);2*1H. The monoisotopic (exact) mass is 381 g/mol. The topological polar surface area (TPSA) is 54.0 Å². The Kier molecular flexibility index (Phi) is 12.8. The van der Waals surface area contributed by atoms with Gasteiger partial charge in [0.2, 0.25) is 5.91 Å². The number of nitrogens with zero attached hydrogens (tertiary/aromatic N) is 1. The maximum Gasteiger partial charge on any atom is 0.226 e. The Balaban J connectivity index is 0.00000242. The Morgan fingerprint density at radius 2 is 1.91 bits per heavy atom. The molecule has 0 radical (unpaired) electrons. The van der Waals surface area contributed by atoms with E-state index in [0.29, 0.717) is 19.0 Å². The van der Waals surface area contributed by atoms with Gasteiger partial charge in [-0.25, -0.2) is 4.98 Å². The predicted octanol–water partition coefficient (Wildman–Crippen LogP) is 3.52. The lowest BCUT2D eigenvalue weighted by molar-refractivity contribution is -0.120. The van der Waals surface area contributed by atoms with Gasteiger partial charge in [-0.05, 0) is 19.3 Å². The molecule has 2 N–H and O–H groups in total. The Labute approximate surface area is 156 Å². The van der Waals surface area contributed by atoms with Crippen molar-refractivity contribution in [3.8, 4) is 0 Å². The SMILES string of the molecule is CCc1nc(CC(=O)NCCNC2CCCCCC2)cs1.Cl.Cl. The van der Waals surface area contributed by atoms with Crippen LogP contribution in [0.25, 0.3) is 0 Å². The number of hydrogen-bond acceptors (Lipinski definition) is 4. The van der Waals surface area contributed by atoms with E-state index in [1.165, 1.54) is 38.5 Å². The van der Waals surface area contributed by atoms with Crippen LogP contribution in [-0.2, 0) is 17.6 Å². The number of hydrogen-bond donors (Lipinski definition) is 2. The zero-order valence-corrected chi connectivity index (χ0v) is 16.3. The smallest absolute Gasteiger partial charge is 0.226 e. The molecule has 0 spiro atoms. The molecule has 23 heavy (non-hydrogen) atoms. The molecule has 4 nitrogen and oxygen atoms in total. The average Bonchev–Trinajstić information content (AvgIpc) is 2.77. The van der Waals surface area contributed by atoms with Gasteiger partial charge >= 0.3 is 0 Å². The van der Waals surface area contributed by atoms with E-state index in [1.54, 1.807) is 11.3 Å². The molecule has 1 amide bonds. The number of thiazole rings is 1. The number of amides is 1. The van der Waals surface area contributed by atoms with Crippen molar-refractivity contribution in [3.05, 3.63) is 16.1 Å². The summed E-state index contributed by atoms with van der Waals surface area (Å²) < 4.78 is 0. The molecule has 1 aromatic heterocycles. The molecular formula is C16H29Cl2N3OS. The van der Waals surface area contributed by atoms with E-state index < -0.39 is 0 Å². The second-order valence-corrected chi connectivity index (χ2v) is 6.70. The first kappa shape index (κ1) is 22.6. The summed E-state index contributed by atoms with van der Waals surface area (Å²) in [4.78, 5) is 16.3. The van der Waals surface area contributed by atoms with E-state index in [2.05, 4.69) is 22.5 Å². The van der Waals surface area contributed by atoms with Gasteiger partial charge in [0, 0.05) is 24.5 Å². The van der Waals surface area contributed by atoms with Crippen LogP contribution in [0.3, 0.4) is 0 Å². The van der Waals surface area contributed by atoms with Crippen LogP contribution in [0.4, 0.5) is 0 Å². The first-order chi connectivity index (χ1) is 10.3. The van der Waals surface area contributed by atoms with E-state index in [4.69, 9.17) is 0 Å². The number of carbonyl (C=O) groups excluding carboxylic acids is 1. The molecule has 7 heteroatoms. The highest BCUT2D eigenvalue weighted by Gasteiger charge is 2.11. The zero-order valence-electron chi connectivity index (χ0n) is 13.8. The lowest BCUT2D eigenvalue weighted by atomic mass is 10.1. The molecule has 1 aliphatic carbocycles. The van der Waals surface area contributed by atoms with Gasteiger partial charge in [0.1, 0.15) is 0 Å². The van der Waals surface area contributed by atoms with Crippen LogP contribution >= 0.6 is 36.2 Å². The predicted molar refractivity (Wildman–Crippen MR) is 102 cm³/mol. The van der Waals surface area contributed by atoms with Crippen molar-refractivity contribution in [3.63, 3.8) is 0 Å². The largest absolute Gasteiger partial charge is 0.354 e. The first-order valence-corrected chi connectivity index (χ1v) is 9.09. The molecule has 2 rings (SSSR count). The van der Waals surface area contributed by atoms with Crippen molar-refractivity contribution in [1.29, 1.82) is 0 Å². The molecule has 0 saturated heterocycles. The first-order valence-electron chi connectivity index (χ1n) is 8.21. The Morgan fingerprint density at radius 3 is 2.52 bits per heavy atom. The van der Waals surface area contributed by atoms with E-state index >= 15 is 0 Å². The number of carbonyl (C=O) groups is 1. The molecule has 1 heterocycles. The van der Waals surface area contributed by atoms with Crippen LogP contribution < -0.4 is 10.6 Å². The lowest BCUT2D eigenvalue weighted by Crippen LogP contribution is -2.37. The molecule has 0 unspecified atom stereocenters. The quantitative estimate of drug-likeness (QED) is 0.560. The summed E-state index contributed by atoms with van der Waals surface area (Å²) in [6.45, 7) is 3.66. The third kappa shape index (κ3) is 8.89. The van der Waals surface area contributed by atoms with Crippen LogP contribution in [0, 0.1) is 0 Å². The van der Waals surface area contributed by atoms with Gasteiger partial charge in [-0.15, -0.1) is 36.2 Å². The van der Waals surface area contributed by atoms with Gasteiger partial charge in [-0.1, -0.05) is 32.6 Å². The number of rotatable bonds is 7. The van der Waals surface area contributed by atoms with Crippen molar-refractivity contribution in [1.82, 2.24) is 15.6 Å². The molecule has 0 atom stereocenters. The summed E-state index contributed by atoms with van der Waals surface area (Å²) in [6.07, 6.45) is 9.35. The summed E-state index contributed by atoms with van der Waals surface area (Å²) in [5, 5.41) is 9.64. The lowest BCUT2D eigenvalue weighted by Gasteiger charge is -2.16. The highest BCUT2D eigenvalue weighted by Crippen LogP contribution is 2.16. The highest BCUT2D eigenvalue weighted by atomic mass is 35.5. The van der Waals surface area contributed by atoms with Crippen LogP contribution in [0.15, 0.2) is 5.38 Å². The second kappa shape index (κ2) is 13.0. The van der Waals surface area contributed by atoms with Crippen molar-refractivity contribution in [2.45, 2.75) is 64.3 Å². The third-order valence-corrected chi connectivity index (χ3v) is 5.02. The minimum absolute atomic E-state index is 0. The minimum atomic E-state index is 0. The average molecular weight is 382 g/mol. The summed E-state index contributed by atoms with van der Waals surface area (Å²) in [5.41, 5.74) is 0.895. The van der Waals surface area contributed by atoms with Gasteiger partial charge in [-0.3, -0.25) is 4.79 Å². The summed E-state index contributed by atoms with van der Waals surface area (Å²) in [5.74, 6) is 0.0746. The zero-order chi connectivity index (χ0) is 14.9. The van der Waals surface area contributed by atoms with Crippen LogP contribution in [0.1, 0.15) is 56.2 Å². The molecule has 0 aliphatic heterocycles. The van der Waals surface area contributed by atoms with Crippen molar-refractivity contribution >= 4 is 42.1 Å². The minimum Gasteiger partial charge on any atom is -0.354 e. The number of aryl methyl sites for hydroxylation is 1. The van der Waals surface area contributed by atoms with Crippen LogP contribution in [0.2, 0.25) is 0 Å². The van der Waals surface area contributed by atoms with Crippen LogP contribution in [-0.4, -0.2) is 30.0 Å². The molecular weight excluding hydrogens is 353 g/mol. The Hall–Kier alpha value is -0.360. The second-order valence-electron chi connectivity index (χ2n) is 5.76. The fraction of sp³-hybridized carbons (Fsp3) is 0.750. The normalized spacial score (nSPS) is 15.2. The van der Waals surface area contributed by atoms with Crippen molar-refractivity contribution < 1.29 is 4.79 Å². The van der Waals surface area contributed by atoms with Gasteiger partial charge in [0.15, 0.2) is 0 Å². The molecule has 134 valence electrons. The number of halogens is 2. The Bertz CT molecular complexity index is 435. The van der Waals surface area contributed by atoms with Gasteiger partial charge in [0.05, 0.1) is 17.1 Å². The third-order valence-electron chi connectivity index (χ3n) is 3.98. The molecule has 0 aromatic carbocycles. The van der Waals surface area contributed by atoms with Gasteiger partial charge in [-0.2, -0.15) is 0 Å². The maximum absolute atomic E-state index is 11.8. The maximum atomic E-state index is 11.8. The van der Waals surface area contributed by atoms with Crippen LogP contribution in [0.5, 0.6) is 0 Å². The fourth-order valence-corrected chi connectivity index (χ4v) is 3.53. The molecule has 1 aliphatic rings. The summed E-state index contributed by atoms with van der Waals surface area (Å²) in [7, 11) is 0. The van der Waals surface area contributed by atoms with Gasteiger partial charge in [0.25, 0.3) is 0 Å². The molecule has 0 bridgehead atoms. The summed E-state index contributed by atoms with van der Waals surface area (Å²) >= 11 is 1.64. The number of aromatic nitrogens is 1. The van der Waals surface area contributed by atoms with Crippen molar-refractivity contribution in [2.75, 3.05) is 13.1 Å². The van der Waals surface area contributed by atoms with Gasteiger partial charge < -0.3 is 10.6 Å². The highest BCUT2D eigenvalue weighted by molar-refractivity contribution is 7.09. The van der Waals surface area contributed by atoms with E-state index in [-0.39, 0.29) is 30.7 Å². The Morgan fingerprint density at radius 1 is 1.22 bits per heavy atom. The van der Waals surface area contributed by atoms with Crippen molar-refractivity contribution in [2.24, 2.45) is 0 Å².